The lowest BCUT2D eigenvalue weighted by atomic mass is 9.88. The quantitative estimate of drug-likeness (QED) is 0.196. The number of hydrogen-bond donors (Lipinski definition) is 1. The summed E-state index contributed by atoms with van der Waals surface area (Å²) in [6.45, 7) is 2.39. The molecule has 4 heterocycles. The molecule has 1 aliphatic rings. The first kappa shape index (κ1) is 33.2. The lowest BCUT2D eigenvalue weighted by Gasteiger charge is -2.33. The SMILES string of the molecule is CC1CC/C(n2c3ccccc3c3ccccc32)=N\C(c2ccccc2)NC1c1cc(-n2c3ccccc3c3cc4ccccc4cc32)c2c(c1)oc1ccccc12. The van der Waals surface area contributed by atoms with E-state index in [1.54, 1.807) is 0 Å². The monoisotopic (exact) mass is 748 g/mol. The highest BCUT2D eigenvalue weighted by atomic mass is 16.3. The fourth-order valence-electron chi connectivity index (χ4n) is 9.83. The molecule has 3 atom stereocenters. The van der Waals surface area contributed by atoms with Crippen LogP contribution in [0.4, 0.5) is 0 Å². The van der Waals surface area contributed by atoms with E-state index in [0.29, 0.717) is 0 Å². The smallest absolute Gasteiger partial charge is 0.137 e. The summed E-state index contributed by atoms with van der Waals surface area (Å²) >= 11 is 0. The number of furan rings is 1. The highest BCUT2D eigenvalue weighted by Gasteiger charge is 2.30. The Morgan fingerprint density at radius 3 is 1.83 bits per heavy atom. The average molecular weight is 749 g/mol. The van der Waals surface area contributed by atoms with Crippen LogP contribution < -0.4 is 5.32 Å². The van der Waals surface area contributed by atoms with Gasteiger partial charge in [-0.3, -0.25) is 9.88 Å². The summed E-state index contributed by atoms with van der Waals surface area (Å²) in [5, 5.41) is 13.8. The standard InChI is InChI=1S/C53H40N4O/c1-33-27-28-50(57-44-24-12-7-19-38(44)39-20-8-13-25-45(39)57)54-53(34-15-3-2-4-16-34)55-52(33)37-31-47(51-41-22-10-14-26-48(41)58-49(51)32-37)56-43-23-11-9-21-40(43)42-29-35-17-5-6-18-36(35)30-46(42)56/h2-26,29-33,52-53,55H,27-28H2,1H3/b54-50+. The van der Waals surface area contributed by atoms with Gasteiger partial charge in [-0.15, -0.1) is 0 Å². The second kappa shape index (κ2) is 13.1. The zero-order chi connectivity index (χ0) is 38.3. The minimum absolute atomic E-state index is 0.0149. The molecule has 5 nitrogen and oxygen atoms in total. The van der Waals surface area contributed by atoms with Crippen LogP contribution >= 0.6 is 0 Å². The Kier molecular flexibility index (Phi) is 7.47. The van der Waals surface area contributed by atoms with Crippen molar-refractivity contribution in [1.29, 1.82) is 0 Å². The van der Waals surface area contributed by atoms with Crippen LogP contribution in [0, 0.1) is 5.92 Å². The predicted octanol–water partition coefficient (Wildman–Crippen LogP) is 13.7. The number of aliphatic imine (C=N–C) groups is 1. The van der Waals surface area contributed by atoms with Crippen molar-refractivity contribution in [3.05, 3.63) is 187 Å². The summed E-state index contributed by atoms with van der Waals surface area (Å²) in [4.78, 5) is 5.68. The molecular weight excluding hydrogens is 709 g/mol. The van der Waals surface area contributed by atoms with Crippen molar-refractivity contribution >= 4 is 82.2 Å². The maximum Gasteiger partial charge on any atom is 0.137 e. The van der Waals surface area contributed by atoms with Crippen molar-refractivity contribution in [2.75, 3.05) is 0 Å². The summed E-state index contributed by atoms with van der Waals surface area (Å²) in [6.07, 6.45) is 1.51. The largest absolute Gasteiger partial charge is 0.456 e. The zero-order valence-corrected chi connectivity index (χ0v) is 32.1. The Labute approximate surface area is 335 Å². The van der Waals surface area contributed by atoms with Crippen LogP contribution in [0.2, 0.25) is 0 Å². The molecule has 0 radical (unpaired) electrons. The van der Waals surface area contributed by atoms with Crippen molar-refractivity contribution in [3.8, 4) is 5.69 Å². The number of fused-ring (bicyclic) bond motifs is 10. The maximum absolute atomic E-state index is 6.80. The third-order valence-electron chi connectivity index (χ3n) is 12.6. The van der Waals surface area contributed by atoms with E-state index in [1.165, 1.54) is 59.9 Å². The topological polar surface area (TPSA) is 47.4 Å². The molecule has 0 aliphatic carbocycles. The van der Waals surface area contributed by atoms with E-state index >= 15 is 0 Å². The van der Waals surface area contributed by atoms with E-state index in [-0.39, 0.29) is 18.1 Å². The zero-order valence-electron chi connectivity index (χ0n) is 32.1. The summed E-state index contributed by atoms with van der Waals surface area (Å²) < 4.78 is 11.7. The highest BCUT2D eigenvalue weighted by molar-refractivity contribution is 6.17. The molecule has 0 saturated heterocycles. The second-order valence-corrected chi connectivity index (χ2v) is 16.0. The first-order chi connectivity index (χ1) is 28.7. The van der Waals surface area contributed by atoms with Gasteiger partial charge in [-0.2, -0.15) is 0 Å². The van der Waals surface area contributed by atoms with Crippen LogP contribution in [0.5, 0.6) is 0 Å². The molecule has 3 aromatic heterocycles. The Morgan fingerprint density at radius 2 is 1.10 bits per heavy atom. The van der Waals surface area contributed by atoms with Crippen LogP contribution in [0.1, 0.15) is 43.1 Å². The molecule has 278 valence electrons. The van der Waals surface area contributed by atoms with Crippen LogP contribution in [0.3, 0.4) is 0 Å². The van der Waals surface area contributed by atoms with Gasteiger partial charge in [0.05, 0.1) is 33.1 Å². The fraction of sp³-hybridized carbons (Fsp3) is 0.113. The van der Waals surface area contributed by atoms with E-state index in [1.807, 2.05) is 0 Å². The fourth-order valence-corrected chi connectivity index (χ4v) is 9.83. The molecular formula is C53H40N4O. The Balaban J connectivity index is 1.09. The van der Waals surface area contributed by atoms with Crippen LogP contribution in [0.15, 0.2) is 185 Å². The Hall–Kier alpha value is -6.95. The lowest BCUT2D eigenvalue weighted by molar-refractivity contribution is 0.327. The lowest BCUT2D eigenvalue weighted by Crippen LogP contribution is -2.34. The molecule has 0 bridgehead atoms. The van der Waals surface area contributed by atoms with E-state index < -0.39 is 0 Å². The van der Waals surface area contributed by atoms with Gasteiger partial charge in [0, 0.05) is 39.4 Å². The molecule has 0 saturated carbocycles. The normalized spacial score (nSPS) is 18.7. The van der Waals surface area contributed by atoms with E-state index in [9.17, 15) is 0 Å². The van der Waals surface area contributed by atoms with Crippen molar-refractivity contribution in [2.45, 2.75) is 32.0 Å². The number of benzene rings is 8. The Bertz CT molecular complexity index is 3370. The number of aromatic nitrogens is 2. The van der Waals surface area contributed by atoms with Crippen molar-refractivity contribution < 1.29 is 4.42 Å². The number of nitrogens with one attached hydrogen (secondary N) is 1. The predicted molar refractivity (Wildman–Crippen MR) is 241 cm³/mol. The second-order valence-electron chi connectivity index (χ2n) is 16.0. The highest BCUT2D eigenvalue weighted by Crippen LogP contribution is 2.43. The van der Waals surface area contributed by atoms with Crippen molar-refractivity contribution in [2.24, 2.45) is 10.9 Å². The number of para-hydroxylation sites is 4. The molecule has 11 aromatic rings. The number of hydrogen-bond acceptors (Lipinski definition) is 3. The molecule has 0 spiro atoms. The number of rotatable bonds is 3. The van der Waals surface area contributed by atoms with Gasteiger partial charge >= 0.3 is 0 Å². The van der Waals surface area contributed by atoms with E-state index in [2.05, 4.69) is 197 Å². The molecule has 12 rings (SSSR count). The van der Waals surface area contributed by atoms with Gasteiger partial charge in [-0.05, 0) is 82.8 Å². The number of nitrogens with zero attached hydrogens (tertiary/aromatic N) is 3. The van der Waals surface area contributed by atoms with Gasteiger partial charge in [0.2, 0.25) is 0 Å². The minimum atomic E-state index is -0.279. The third-order valence-corrected chi connectivity index (χ3v) is 12.6. The molecule has 0 fully saturated rings. The summed E-state index contributed by atoms with van der Waals surface area (Å²) in [6, 6.07) is 63.6. The molecule has 0 amide bonds. The molecule has 3 unspecified atom stereocenters. The van der Waals surface area contributed by atoms with Crippen LogP contribution in [0.25, 0.3) is 82.0 Å². The van der Waals surface area contributed by atoms with Crippen molar-refractivity contribution in [3.63, 3.8) is 0 Å². The van der Waals surface area contributed by atoms with Crippen LogP contribution in [-0.4, -0.2) is 15.0 Å². The van der Waals surface area contributed by atoms with Gasteiger partial charge in [0.15, 0.2) is 0 Å². The minimum Gasteiger partial charge on any atom is -0.456 e. The first-order valence-corrected chi connectivity index (χ1v) is 20.4. The van der Waals surface area contributed by atoms with Gasteiger partial charge < -0.3 is 8.98 Å². The first-order valence-electron chi connectivity index (χ1n) is 20.4. The molecule has 8 aromatic carbocycles. The molecule has 58 heavy (non-hydrogen) atoms. The molecule has 5 heteroatoms. The van der Waals surface area contributed by atoms with Gasteiger partial charge in [0.1, 0.15) is 23.2 Å². The third kappa shape index (κ3) is 5.10. The van der Waals surface area contributed by atoms with Gasteiger partial charge in [0.25, 0.3) is 0 Å². The van der Waals surface area contributed by atoms with E-state index in [0.717, 1.165) is 51.9 Å². The summed E-state index contributed by atoms with van der Waals surface area (Å²) in [7, 11) is 0. The van der Waals surface area contributed by atoms with Crippen LogP contribution in [-0.2, 0) is 0 Å². The molecule has 1 N–H and O–H groups in total. The van der Waals surface area contributed by atoms with Crippen molar-refractivity contribution in [1.82, 2.24) is 14.5 Å². The average Bonchev–Trinajstić information content (AvgIpc) is 3.92. The summed E-state index contributed by atoms with van der Waals surface area (Å²) in [5.74, 6) is 1.34. The summed E-state index contributed by atoms with van der Waals surface area (Å²) in [5.41, 5.74) is 9.99. The van der Waals surface area contributed by atoms with E-state index in [4.69, 9.17) is 9.41 Å². The molecule has 1 aliphatic heterocycles. The Morgan fingerprint density at radius 1 is 0.517 bits per heavy atom. The van der Waals surface area contributed by atoms with Gasteiger partial charge in [-0.25, -0.2) is 4.99 Å². The van der Waals surface area contributed by atoms with Gasteiger partial charge in [-0.1, -0.05) is 134 Å². The maximum atomic E-state index is 6.80.